The molecule has 44 heavy (non-hydrogen) atoms. The van der Waals surface area contributed by atoms with Crippen LogP contribution in [0.15, 0.2) is 42.6 Å². The average Bonchev–Trinajstić information content (AvgIpc) is 3.01. The van der Waals surface area contributed by atoms with E-state index in [1.807, 2.05) is 12.1 Å². The van der Waals surface area contributed by atoms with E-state index in [4.69, 9.17) is 9.16 Å². The fraction of sp³-hybridized carbons (Fsp3) is 0.639. The molecule has 4 aliphatic rings. The highest BCUT2D eigenvalue weighted by atomic mass is 28.4. The van der Waals surface area contributed by atoms with Crippen LogP contribution in [0.2, 0.25) is 18.1 Å². The van der Waals surface area contributed by atoms with Crippen LogP contribution in [-0.4, -0.2) is 55.8 Å². The first-order chi connectivity index (χ1) is 20.9. The number of nitrogens with zero attached hydrogens (tertiary/aromatic N) is 2. The predicted octanol–water partition coefficient (Wildman–Crippen LogP) is 7.40. The molecule has 1 atom stereocenters. The lowest BCUT2D eigenvalue weighted by Crippen LogP contribution is -2.53. The number of hydrogen-bond donors (Lipinski definition) is 1. The maximum Gasteiger partial charge on any atom is 0.316 e. The van der Waals surface area contributed by atoms with Gasteiger partial charge < -0.3 is 14.5 Å². The molecule has 1 saturated carbocycles. The van der Waals surface area contributed by atoms with Gasteiger partial charge in [0.25, 0.3) is 0 Å². The molecular weight excluding hydrogens is 566 g/mol. The van der Waals surface area contributed by atoms with Crippen molar-refractivity contribution in [2.45, 2.75) is 121 Å². The highest BCUT2D eigenvalue weighted by Crippen LogP contribution is 2.42. The number of ether oxygens (including phenoxy) is 1. The Labute approximate surface area is 265 Å². The van der Waals surface area contributed by atoms with Gasteiger partial charge >= 0.3 is 5.97 Å². The van der Waals surface area contributed by atoms with Gasteiger partial charge in [0.2, 0.25) is 5.91 Å². The molecule has 6 rings (SSSR count). The van der Waals surface area contributed by atoms with Gasteiger partial charge in [-0.1, -0.05) is 64.3 Å². The number of carbonyl (C=O) groups is 2. The first-order valence-electron chi connectivity index (χ1n) is 16.9. The van der Waals surface area contributed by atoms with Crippen LogP contribution in [0, 0.1) is 5.92 Å². The minimum atomic E-state index is -1.84. The van der Waals surface area contributed by atoms with Gasteiger partial charge in [0.1, 0.15) is 6.10 Å². The van der Waals surface area contributed by atoms with Crippen molar-refractivity contribution >= 4 is 25.9 Å². The van der Waals surface area contributed by atoms with Crippen LogP contribution in [0.4, 0.5) is 5.69 Å². The lowest BCUT2D eigenvalue weighted by atomic mass is 9.69. The molecule has 7 nitrogen and oxygen atoms in total. The van der Waals surface area contributed by atoms with Crippen molar-refractivity contribution in [1.82, 2.24) is 9.88 Å². The van der Waals surface area contributed by atoms with E-state index >= 15 is 0 Å². The Hall–Kier alpha value is -2.55. The molecule has 3 aliphatic heterocycles. The van der Waals surface area contributed by atoms with Crippen molar-refractivity contribution in [1.29, 1.82) is 0 Å². The molecule has 1 aromatic carbocycles. The standard InChI is InChI=1S/C36H53N3O4Si/c1-35(2,3)44(4,5)42-26-31-16-15-30(24-37-31)38-33(40)14-10-12-27-11-9-13-29(23-27)36(19-7-6-8-20-36)34(41)43-32-25-39-21-17-28(32)18-22-39/h9,11,13,15-16,23-24,28,32H,6-8,10,12,14,17-22,25-26H2,1-5H3,(H,38,40). The van der Waals surface area contributed by atoms with Gasteiger partial charge in [-0.3, -0.25) is 19.5 Å². The summed E-state index contributed by atoms with van der Waals surface area (Å²) in [7, 11) is -1.84. The van der Waals surface area contributed by atoms with Gasteiger partial charge in [0.15, 0.2) is 8.32 Å². The molecule has 2 bridgehead atoms. The average molecular weight is 620 g/mol. The zero-order valence-corrected chi connectivity index (χ0v) is 28.6. The van der Waals surface area contributed by atoms with Crippen LogP contribution < -0.4 is 5.32 Å². The lowest BCUT2D eigenvalue weighted by Gasteiger charge is -2.45. The second kappa shape index (κ2) is 13.8. The minimum absolute atomic E-state index is 0.0151. The van der Waals surface area contributed by atoms with E-state index in [0.717, 1.165) is 82.3 Å². The minimum Gasteiger partial charge on any atom is -0.460 e. The fourth-order valence-corrected chi connectivity index (χ4v) is 7.76. The molecule has 1 N–H and O–H groups in total. The summed E-state index contributed by atoms with van der Waals surface area (Å²) >= 11 is 0. The summed E-state index contributed by atoms with van der Waals surface area (Å²) in [6.45, 7) is 14.8. The molecule has 4 fully saturated rings. The largest absolute Gasteiger partial charge is 0.460 e. The topological polar surface area (TPSA) is 80.8 Å². The molecule has 8 heteroatoms. The van der Waals surface area contributed by atoms with Gasteiger partial charge in [-0.05, 0) is 98.9 Å². The molecule has 4 heterocycles. The third kappa shape index (κ3) is 7.80. The molecule has 1 amide bonds. The highest BCUT2D eigenvalue weighted by molar-refractivity contribution is 6.74. The molecule has 1 unspecified atom stereocenters. The van der Waals surface area contributed by atoms with E-state index in [-0.39, 0.29) is 23.0 Å². The number of nitrogens with one attached hydrogen (secondary N) is 1. The summed E-state index contributed by atoms with van der Waals surface area (Å²) in [5, 5.41) is 3.14. The summed E-state index contributed by atoms with van der Waals surface area (Å²) in [6, 6.07) is 12.3. The third-order valence-corrected chi connectivity index (χ3v) is 15.3. The number of hydrogen-bond acceptors (Lipinski definition) is 6. The predicted molar refractivity (Wildman–Crippen MR) is 178 cm³/mol. The number of aryl methyl sites for hydroxylation is 1. The maximum absolute atomic E-state index is 13.9. The van der Waals surface area contributed by atoms with E-state index in [2.05, 4.69) is 73.3 Å². The second-order valence-corrected chi connectivity index (χ2v) is 19.7. The highest BCUT2D eigenvalue weighted by Gasteiger charge is 2.46. The van der Waals surface area contributed by atoms with E-state index in [1.165, 1.54) is 12.0 Å². The molecule has 1 aromatic heterocycles. The number of carbonyl (C=O) groups excluding carboxylic acids is 2. The van der Waals surface area contributed by atoms with Crippen molar-refractivity contribution in [3.8, 4) is 0 Å². The van der Waals surface area contributed by atoms with Crippen LogP contribution in [0.25, 0.3) is 0 Å². The third-order valence-electron chi connectivity index (χ3n) is 10.8. The van der Waals surface area contributed by atoms with Crippen LogP contribution in [0.5, 0.6) is 0 Å². The van der Waals surface area contributed by atoms with Crippen LogP contribution in [0.3, 0.4) is 0 Å². The summed E-state index contributed by atoms with van der Waals surface area (Å²) in [6.07, 6.45) is 11.0. The molecular formula is C36H53N3O4Si. The number of aromatic nitrogens is 1. The molecule has 0 radical (unpaired) electrons. The summed E-state index contributed by atoms with van der Waals surface area (Å²) in [4.78, 5) is 33.6. The van der Waals surface area contributed by atoms with Gasteiger partial charge in [0.05, 0.1) is 29.6 Å². The number of pyridine rings is 1. The summed E-state index contributed by atoms with van der Waals surface area (Å²) < 4.78 is 12.6. The SMILES string of the molecule is CC(C)(C)[Si](C)(C)OCc1ccc(NC(=O)CCCc2cccc(C3(C(=O)OC4CN5CCC4CC5)CCCCC3)c2)cn1. The first-order valence-corrected chi connectivity index (χ1v) is 19.8. The number of anilines is 1. The van der Waals surface area contributed by atoms with Crippen LogP contribution in [0.1, 0.15) is 95.4 Å². The Morgan fingerprint density at radius 2 is 1.82 bits per heavy atom. The van der Waals surface area contributed by atoms with E-state index in [1.54, 1.807) is 6.20 Å². The molecule has 0 spiro atoms. The number of esters is 1. The number of fused-ring (bicyclic) bond motifs is 3. The van der Waals surface area contributed by atoms with Gasteiger partial charge in [0, 0.05) is 13.0 Å². The monoisotopic (exact) mass is 619 g/mol. The van der Waals surface area contributed by atoms with Crippen molar-refractivity contribution < 1.29 is 18.8 Å². The van der Waals surface area contributed by atoms with Crippen molar-refractivity contribution in [3.05, 3.63) is 59.4 Å². The fourth-order valence-electron chi connectivity index (χ4n) is 6.82. The quantitative estimate of drug-likeness (QED) is 0.209. The Morgan fingerprint density at radius 1 is 1.07 bits per heavy atom. The van der Waals surface area contributed by atoms with Crippen molar-refractivity contribution in [2.24, 2.45) is 5.92 Å². The van der Waals surface area contributed by atoms with Crippen molar-refractivity contribution in [2.75, 3.05) is 25.0 Å². The van der Waals surface area contributed by atoms with Gasteiger partial charge in [-0.2, -0.15) is 0 Å². The summed E-state index contributed by atoms with van der Waals surface area (Å²) in [5.74, 6) is 0.480. The van der Waals surface area contributed by atoms with Gasteiger partial charge in [-0.25, -0.2) is 0 Å². The van der Waals surface area contributed by atoms with Crippen LogP contribution in [-0.2, 0) is 37.2 Å². The molecule has 2 aromatic rings. The lowest BCUT2D eigenvalue weighted by molar-refractivity contribution is -0.167. The normalized spacial score (nSPS) is 23.2. The van der Waals surface area contributed by atoms with Crippen molar-refractivity contribution in [3.63, 3.8) is 0 Å². The molecule has 240 valence electrons. The molecule has 1 aliphatic carbocycles. The number of rotatable bonds is 11. The smallest absolute Gasteiger partial charge is 0.316 e. The zero-order chi connectivity index (χ0) is 31.4. The van der Waals surface area contributed by atoms with Gasteiger partial charge in [-0.15, -0.1) is 0 Å². The van der Waals surface area contributed by atoms with E-state index in [0.29, 0.717) is 24.6 Å². The number of benzene rings is 1. The number of amides is 1. The van der Waals surface area contributed by atoms with E-state index in [9.17, 15) is 9.59 Å². The number of piperidine rings is 3. The Bertz CT molecular complexity index is 1280. The Balaban J connectivity index is 1.13. The molecule has 3 saturated heterocycles. The first kappa shape index (κ1) is 32.8. The maximum atomic E-state index is 13.9. The zero-order valence-electron chi connectivity index (χ0n) is 27.6. The Kier molecular flexibility index (Phi) is 10.3. The van der Waals surface area contributed by atoms with Crippen LogP contribution >= 0.6 is 0 Å². The summed E-state index contributed by atoms with van der Waals surface area (Å²) in [5.41, 5.74) is 3.29. The Morgan fingerprint density at radius 3 is 2.45 bits per heavy atom. The second-order valence-electron chi connectivity index (χ2n) is 14.9. The van der Waals surface area contributed by atoms with E-state index < -0.39 is 13.7 Å².